The maximum Gasteiger partial charge on any atom is 0.291 e. The van der Waals surface area contributed by atoms with Crippen molar-refractivity contribution in [1.29, 1.82) is 0 Å². The number of benzene rings is 1. The SMILES string of the molecule is Cl.O=C(NC1CCNC1)c1ccc(NC(=O)c2ccc(Br)o2)cc1. The van der Waals surface area contributed by atoms with Crippen LogP contribution in [0.15, 0.2) is 45.5 Å². The molecule has 24 heavy (non-hydrogen) atoms. The zero-order valence-corrected chi connectivity index (χ0v) is 15.1. The first kappa shape index (κ1) is 18.5. The third-order valence-electron chi connectivity index (χ3n) is 3.60. The summed E-state index contributed by atoms with van der Waals surface area (Å²) in [6.07, 6.45) is 0.943. The van der Waals surface area contributed by atoms with Crippen LogP contribution in [0.2, 0.25) is 0 Å². The lowest BCUT2D eigenvalue weighted by molar-refractivity contribution is 0.0939. The quantitative estimate of drug-likeness (QED) is 0.718. The maximum atomic E-state index is 12.1. The summed E-state index contributed by atoms with van der Waals surface area (Å²) in [7, 11) is 0. The van der Waals surface area contributed by atoms with Gasteiger partial charge in [-0.25, -0.2) is 0 Å². The fraction of sp³-hybridized carbons (Fsp3) is 0.250. The van der Waals surface area contributed by atoms with Gasteiger partial charge in [-0.3, -0.25) is 9.59 Å². The highest BCUT2D eigenvalue weighted by molar-refractivity contribution is 9.10. The molecule has 3 rings (SSSR count). The Morgan fingerprint density at radius 2 is 1.88 bits per heavy atom. The Morgan fingerprint density at radius 1 is 1.12 bits per heavy atom. The van der Waals surface area contributed by atoms with Crippen molar-refractivity contribution in [3.8, 4) is 0 Å². The van der Waals surface area contributed by atoms with Crippen molar-refractivity contribution in [1.82, 2.24) is 10.6 Å². The van der Waals surface area contributed by atoms with Crippen LogP contribution in [0.3, 0.4) is 0 Å². The number of anilines is 1. The second-order valence-corrected chi connectivity index (χ2v) is 6.08. The smallest absolute Gasteiger partial charge is 0.291 e. The van der Waals surface area contributed by atoms with Crippen LogP contribution >= 0.6 is 28.3 Å². The fourth-order valence-corrected chi connectivity index (χ4v) is 2.69. The van der Waals surface area contributed by atoms with Crippen LogP contribution in [0.1, 0.15) is 27.3 Å². The minimum absolute atomic E-state index is 0. The van der Waals surface area contributed by atoms with E-state index >= 15 is 0 Å². The van der Waals surface area contributed by atoms with Gasteiger partial charge in [0.1, 0.15) is 0 Å². The third-order valence-corrected chi connectivity index (χ3v) is 4.02. The van der Waals surface area contributed by atoms with Crippen LogP contribution in [-0.2, 0) is 0 Å². The highest BCUT2D eigenvalue weighted by atomic mass is 79.9. The minimum Gasteiger partial charge on any atom is -0.444 e. The summed E-state index contributed by atoms with van der Waals surface area (Å²) in [6, 6.07) is 10.2. The van der Waals surface area contributed by atoms with Gasteiger partial charge >= 0.3 is 0 Å². The van der Waals surface area contributed by atoms with E-state index in [-0.39, 0.29) is 36.0 Å². The number of carbonyl (C=O) groups is 2. The Hall–Kier alpha value is -1.83. The normalized spacial score (nSPS) is 16.3. The standard InChI is InChI=1S/C16H16BrN3O3.ClH/c17-14-6-5-13(23-14)16(22)19-11-3-1-10(2-4-11)15(21)20-12-7-8-18-9-12;/h1-6,12,18H,7-9H2,(H,19,22)(H,20,21);1H. The predicted molar refractivity (Wildman–Crippen MR) is 96.8 cm³/mol. The molecule has 1 saturated heterocycles. The molecule has 1 aromatic carbocycles. The Morgan fingerprint density at radius 3 is 2.46 bits per heavy atom. The highest BCUT2D eigenvalue weighted by Crippen LogP contribution is 2.16. The lowest BCUT2D eigenvalue weighted by Gasteiger charge is -2.11. The van der Waals surface area contributed by atoms with E-state index in [4.69, 9.17) is 4.42 Å². The summed E-state index contributed by atoms with van der Waals surface area (Å²) in [5.74, 6) is -0.232. The van der Waals surface area contributed by atoms with Gasteiger partial charge < -0.3 is 20.4 Å². The van der Waals surface area contributed by atoms with Crippen molar-refractivity contribution in [2.75, 3.05) is 18.4 Å². The van der Waals surface area contributed by atoms with Gasteiger partial charge in [-0.15, -0.1) is 12.4 Å². The summed E-state index contributed by atoms with van der Waals surface area (Å²) in [4.78, 5) is 24.1. The maximum absolute atomic E-state index is 12.1. The molecule has 1 fully saturated rings. The van der Waals surface area contributed by atoms with E-state index in [1.807, 2.05) is 0 Å². The van der Waals surface area contributed by atoms with Crippen molar-refractivity contribution in [3.63, 3.8) is 0 Å². The van der Waals surface area contributed by atoms with Crippen LogP contribution in [0.5, 0.6) is 0 Å². The molecular weight excluding hydrogens is 398 g/mol. The summed E-state index contributed by atoms with van der Waals surface area (Å²) >= 11 is 3.15. The van der Waals surface area contributed by atoms with Crippen LogP contribution in [0, 0.1) is 0 Å². The van der Waals surface area contributed by atoms with Gasteiger partial charge in [-0.05, 0) is 65.3 Å². The molecule has 0 radical (unpaired) electrons. The molecule has 1 aliphatic rings. The number of hydrogen-bond acceptors (Lipinski definition) is 4. The number of rotatable bonds is 4. The van der Waals surface area contributed by atoms with Gasteiger partial charge in [0.25, 0.3) is 11.8 Å². The van der Waals surface area contributed by atoms with Crippen LogP contribution in [0.4, 0.5) is 5.69 Å². The molecule has 1 atom stereocenters. The predicted octanol–water partition coefficient (Wildman–Crippen LogP) is 2.81. The lowest BCUT2D eigenvalue weighted by atomic mass is 10.1. The second-order valence-electron chi connectivity index (χ2n) is 5.30. The van der Waals surface area contributed by atoms with Gasteiger partial charge in [0.05, 0.1) is 0 Å². The molecule has 2 heterocycles. The molecule has 2 aromatic rings. The third kappa shape index (κ3) is 4.59. The van der Waals surface area contributed by atoms with E-state index in [1.54, 1.807) is 36.4 Å². The van der Waals surface area contributed by atoms with Gasteiger partial charge in [0.2, 0.25) is 0 Å². The van der Waals surface area contributed by atoms with Crippen molar-refractivity contribution in [2.24, 2.45) is 0 Å². The summed E-state index contributed by atoms with van der Waals surface area (Å²) in [6.45, 7) is 1.73. The van der Waals surface area contributed by atoms with Gasteiger partial charge in [0, 0.05) is 23.8 Å². The first-order valence-electron chi connectivity index (χ1n) is 7.30. The molecule has 1 unspecified atom stereocenters. The second kappa shape index (κ2) is 8.32. The van der Waals surface area contributed by atoms with Crippen molar-refractivity contribution in [2.45, 2.75) is 12.5 Å². The van der Waals surface area contributed by atoms with Crippen LogP contribution in [0.25, 0.3) is 0 Å². The fourth-order valence-electron chi connectivity index (χ4n) is 2.38. The highest BCUT2D eigenvalue weighted by Gasteiger charge is 2.17. The molecule has 128 valence electrons. The number of halogens is 2. The molecule has 3 N–H and O–H groups in total. The minimum atomic E-state index is -0.343. The van der Waals surface area contributed by atoms with Crippen molar-refractivity contribution >= 4 is 45.8 Å². The summed E-state index contributed by atoms with van der Waals surface area (Å²) in [5, 5.41) is 8.89. The van der Waals surface area contributed by atoms with Gasteiger partial charge in [0.15, 0.2) is 10.4 Å². The van der Waals surface area contributed by atoms with E-state index < -0.39 is 0 Å². The molecule has 6 nitrogen and oxygen atoms in total. The molecular formula is C16H17BrClN3O3. The monoisotopic (exact) mass is 413 g/mol. The Kier molecular flexibility index (Phi) is 6.42. The Balaban J connectivity index is 0.00000208. The number of nitrogens with one attached hydrogen (secondary N) is 3. The Bertz CT molecular complexity index is 712. The molecule has 8 heteroatoms. The first-order valence-corrected chi connectivity index (χ1v) is 8.09. The zero-order chi connectivity index (χ0) is 16.2. The average molecular weight is 415 g/mol. The van der Waals surface area contributed by atoms with Crippen molar-refractivity contribution in [3.05, 3.63) is 52.4 Å². The average Bonchev–Trinajstić information content (AvgIpc) is 3.19. The number of carbonyl (C=O) groups excluding carboxylic acids is 2. The van der Waals surface area contributed by atoms with Crippen LogP contribution < -0.4 is 16.0 Å². The van der Waals surface area contributed by atoms with E-state index in [0.717, 1.165) is 19.5 Å². The Labute approximate surface area is 153 Å². The van der Waals surface area contributed by atoms with E-state index in [2.05, 4.69) is 31.9 Å². The lowest BCUT2D eigenvalue weighted by Crippen LogP contribution is -2.36. The number of furan rings is 1. The van der Waals surface area contributed by atoms with Gasteiger partial charge in [-0.1, -0.05) is 0 Å². The van der Waals surface area contributed by atoms with Crippen molar-refractivity contribution < 1.29 is 14.0 Å². The number of amides is 2. The van der Waals surface area contributed by atoms with E-state index in [1.165, 1.54) is 0 Å². The zero-order valence-electron chi connectivity index (χ0n) is 12.7. The largest absolute Gasteiger partial charge is 0.444 e. The van der Waals surface area contributed by atoms with Gasteiger partial charge in [-0.2, -0.15) is 0 Å². The molecule has 0 saturated carbocycles. The summed E-state index contributed by atoms with van der Waals surface area (Å²) in [5.41, 5.74) is 1.16. The molecule has 0 bridgehead atoms. The van der Waals surface area contributed by atoms with Crippen LogP contribution in [-0.4, -0.2) is 30.9 Å². The first-order chi connectivity index (χ1) is 11.1. The summed E-state index contributed by atoms with van der Waals surface area (Å²) < 4.78 is 5.68. The molecule has 1 aromatic heterocycles. The molecule has 0 spiro atoms. The number of hydrogen-bond donors (Lipinski definition) is 3. The van der Waals surface area contributed by atoms with E-state index in [9.17, 15) is 9.59 Å². The molecule has 1 aliphatic heterocycles. The topological polar surface area (TPSA) is 83.4 Å². The van der Waals surface area contributed by atoms with E-state index in [0.29, 0.717) is 15.9 Å². The molecule has 2 amide bonds. The molecule has 0 aliphatic carbocycles.